The quantitative estimate of drug-likeness (QED) is 0.863. The Labute approximate surface area is 135 Å². The summed E-state index contributed by atoms with van der Waals surface area (Å²) in [6.45, 7) is 4.41. The van der Waals surface area contributed by atoms with Gasteiger partial charge < -0.3 is 9.80 Å². The first kappa shape index (κ1) is 15.5. The molecule has 0 bridgehead atoms. The Morgan fingerprint density at radius 3 is 2.39 bits per heavy atom. The number of nitrogens with one attached hydrogen (secondary N) is 1. The molecule has 0 saturated carbocycles. The lowest BCUT2D eigenvalue weighted by Crippen LogP contribution is -2.53. The van der Waals surface area contributed by atoms with Gasteiger partial charge in [0.1, 0.15) is 6.04 Å². The molecule has 4 amide bonds. The molecule has 2 fully saturated rings. The van der Waals surface area contributed by atoms with Gasteiger partial charge in [0.05, 0.1) is 6.04 Å². The van der Waals surface area contributed by atoms with Crippen LogP contribution < -0.4 is 5.32 Å². The van der Waals surface area contributed by atoms with Crippen LogP contribution in [-0.4, -0.2) is 46.3 Å². The van der Waals surface area contributed by atoms with Gasteiger partial charge >= 0.3 is 6.03 Å². The minimum Gasteiger partial charge on any atom is -0.313 e. The van der Waals surface area contributed by atoms with E-state index in [1.807, 2.05) is 49.1 Å². The minimum absolute atomic E-state index is 0.0333. The molecule has 2 aliphatic rings. The van der Waals surface area contributed by atoms with Crippen molar-refractivity contribution in [2.24, 2.45) is 0 Å². The largest absolute Gasteiger partial charge is 0.321 e. The van der Waals surface area contributed by atoms with E-state index in [0.29, 0.717) is 13.0 Å². The van der Waals surface area contributed by atoms with Crippen molar-refractivity contribution in [3.8, 4) is 0 Å². The molecule has 0 spiro atoms. The number of benzene rings is 1. The first-order valence-corrected chi connectivity index (χ1v) is 7.96. The summed E-state index contributed by atoms with van der Waals surface area (Å²) in [5.41, 5.74) is 1.06. The average molecular weight is 315 g/mol. The Hall–Kier alpha value is -2.37. The molecule has 2 unspecified atom stereocenters. The highest BCUT2D eigenvalue weighted by molar-refractivity contribution is 6.01. The number of piperidine rings is 1. The second-order valence-electron chi connectivity index (χ2n) is 6.33. The van der Waals surface area contributed by atoms with Gasteiger partial charge in [-0.25, -0.2) is 4.79 Å². The van der Waals surface area contributed by atoms with Crippen LogP contribution in [0, 0.1) is 0 Å². The summed E-state index contributed by atoms with van der Waals surface area (Å²) in [5, 5.41) is 2.34. The van der Waals surface area contributed by atoms with E-state index in [1.165, 1.54) is 0 Å². The number of hydrogen-bond donors (Lipinski definition) is 1. The SMILES string of the molecule is CC(C)N1C(=O)N(C2CCC(=O)NC2=O)CC1c1ccccc1. The molecule has 3 rings (SSSR count). The smallest absolute Gasteiger partial charge is 0.313 e. The van der Waals surface area contributed by atoms with Gasteiger partial charge in [-0.15, -0.1) is 0 Å². The Morgan fingerprint density at radius 2 is 1.78 bits per heavy atom. The van der Waals surface area contributed by atoms with E-state index in [-0.39, 0.29) is 36.3 Å². The highest BCUT2D eigenvalue weighted by atomic mass is 16.2. The number of carbonyl (C=O) groups excluding carboxylic acids is 3. The van der Waals surface area contributed by atoms with Crippen LogP contribution in [0.3, 0.4) is 0 Å². The lowest BCUT2D eigenvalue weighted by Gasteiger charge is -2.30. The summed E-state index contributed by atoms with van der Waals surface area (Å²) in [7, 11) is 0. The van der Waals surface area contributed by atoms with E-state index in [1.54, 1.807) is 4.90 Å². The summed E-state index contributed by atoms with van der Waals surface area (Å²) >= 11 is 0. The summed E-state index contributed by atoms with van der Waals surface area (Å²) < 4.78 is 0. The Morgan fingerprint density at radius 1 is 1.09 bits per heavy atom. The maximum absolute atomic E-state index is 12.8. The summed E-state index contributed by atoms with van der Waals surface area (Å²) in [4.78, 5) is 39.7. The van der Waals surface area contributed by atoms with Crippen LogP contribution in [0.2, 0.25) is 0 Å². The number of hydrogen-bond acceptors (Lipinski definition) is 3. The van der Waals surface area contributed by atoms with Crippen LogP contribution >= 0.6 is 0 Å². The standard InChI is InChI=1S/C17H21N3O3/c1-11(2)20-14(12-6-4-3-5-7-12)10-19(17(20)23)13-8-9-15(21)18-16(13)22/h3-7,11,13-14H,8-10H2,1-2H3,(H,18,21,22). The first-order valence-electron chi connectivity index (χ1n) is 7.96. The Kier molecular flexibility index (Phi) is 4.07. The van der Waals surface area contributed by atoms with Crippen molar-refractivity contribution in [1.82, 2.24) is 15.1 Å². The van der Waals surface area contributed by atoms with Gasteiger partial charge in [-0.05, 0) is 25.8 Å². The normalized spacial score (nSPS) is 25.3. The van der Waals surface area contributed by atoms with Gasteiger partial charge in [0.15, 0.2) is 0 Å². The molecule has 6 heteroatoms. The third-order valence-corrected chi connectivity index (χ3v) is 4.50. The number of rotatable bonds is 3. The predicted molar refractivity (Wildman–Crippen MR) is 84.4 cm³/mol. The number of urea groups is 1. The van der Waals surface area contributed by atoms with E-state index in [9.17, 15) is 14.4 Å². The fraction of sp³-hybridized carbons (Fsp3) is 0.471. The molecule has 0 radical (unpaired) electrons. The maximum Gasteiger partial charge on any atom is 0.321 e. The van der Waals surface area contributed by atoms with Gasteiger partial charge in [-0.2, -0.15) is 0 Å². The number of imide groups is 1. The average Bonchev–Trinajstić information content (AvgIpc) is 2.86. The predicted octanol–water partition coefficient (Wildman–Crippen LogP) is 1.68. The van der Waals surface area contributed by atoms with E-state index in [0.717, 1.165) is 5.56 Å². The van der Waals surface area contributed by atoms with Crippen LogP contribution in [0.15, 0.2) is 30.3 Å². The molecule has 23 heavy (non-hydrogen) atoms. The van der Waals surface area contributed by atoms with Crippen molar-refractivity contribution in [1.29, 1.82) is 0 Å². The van der Waals surface area contributed by atoms with E-state index >= 15 is 0 Å². The summed E-state index contributed by atoms with van der Waals surface area (Å²) in [6.07, 6.45) is 0.668. The molecule has 6 nitrogen and oxygen atoms in total. The fourth-order valence-corrected chi connectivity index (χ4v) is 3.40. The molecule has 122 valence electrons. The minimum atomic E-state index is -0.560. The van der Waals surface area contributed by atoms with Gasteiger partial charge in [-0.3, -0.25) is 14.9 Å². The molecule has 2 heterocycles. The van der Waals surface area contributed by atoms with Gasteiger partial charge in [0, 0.05) is 19.0 Å². The van der Waals surface area contributed by atoms with Crippen LogP contribution in [0.4, 0.5) is 4.79 Å². The third-order valence-electron chi connectivity index (χ3n) is 4.50. The third kappa shape index (κ3) is 2.81. The van der Waals surface area contributed by atoms with Crippen LogP contribution in [0.5, 0.6) is 0 Å². The van der Waals surface area contributed by atoms with E-state index in [4.69, 9.17) is 0 Å². The summed E-state index contributed by atoms with van der Waals surface area (Å²) in [6, 6.07) is 9.11. The number of nitrogens with zero attached hydrogens (tertiary/aromatic N) is 2. The van der Waals surface area contributed by atoms with Crippen molar-refractivity contribution in [3.63, 3.8) is 0 Å². The Bertz CT molecular complexity index is 629. The van der Waals surface area contributed by atoms with E-state index in [2.05, 4.69) is 5.32 Å². The van der Waals surface area contributed by atoms with Crippen molar-refractivity contribution < 1.29 is 14.4 Å². The maximum atomic E-state index is 12.8. The molecule has 1 aromatic carbocycles. The highest BCUT2D eigenvalue weighted by Crippen LogP contribution is 2.33. The molecule has 0 aliphatic carbocycles. The zero-order valence-corrected chi connectivity index (χ0v) is 13.4. The van der Waals surface area contributed by atoms with Crippen molar-refractivity contribution in [3.05, 3.63) is 35.9 Å². The monoisotopic (exact) mass is 315 g/mol. The number of carbonyl (C=O) groups is 3. The molecular formula is C17H21N3O3. The second-order valence-corrected chi connectivity index (χ2v) is 6.33. The van der Waals surface area contributed by atoms with Crippen molar-refractivity contribution >= 4 is 17.8 Å². The topological polar surface area (TPSA) is 69.7 Å². The molecule has 0 aromatic heterocycles. The van der Waals surface area contributed by atoms with Crippen molar-refractivity contribution in [2.75, 3.05) is 6.54 Å². The molecule has 1 aromatic rings. The van der Waals surface area contributed by atoms with Crippen LogP contribution in [-0.2, 0) is 9.59 Å². The summed E-state index contributed by atoms with van der Waals surface area (Å²) in [5.74, 6) is -0.634. The van der Waals surface area contributed by atoms with Gasteiger partial charge in [0.2, 0.25) is 11.8 Å². The molecular weight excluding hydrogens is 294 g/mol. The van der Waals surface area contributed by atoms with Crippen LogP contribution in [0.25, 0.3) is 0 Å². The highest BCUT2D eigenvalue weighted by Gasteiger charge is 2.45. The zero-order chi connectivity index (χ0) is 16.6. The molecule has 2 atom stereocenters. The lowest BCUT2D eigenvalue weighted by molar-refractivity contribution is -0.136. The zero-order valence-electron chi connectivity index (χ0n) is 13.4. The second kappa shape index (κ2) is 6.02. The molecule has 1 N–H and O–H groups in total. The van der Waals surface area contributed by atoms with Crippen molar-refractivity contribution in [2.45, 2.75) is 44.8 Å². The first-order chi connectivity index (χ1) is 11.0. The Balaban J connectivity index is 1.88. The molecule has 2 aliphatic heterocycles. The lowest BCUT2D eigenvalue weighted by atomic mass is 10.0. The van der Waals surface area contributed by atoms with Gasteiger partial charge in [-0.1, -0.05) is 30.3 Å². The van der Waals surface area contributed by atoms with E-state index < -0.39 is 6.04 Å². The number of amides is 4. The fourth-order valence-electron chi connectivity index (χ4n) is 3.40. The molecule has 2 saturated heterocycles. The van der Waals surface area contributed by atoms with Gasteiger partial charge in [0.25, 0.3) is 0 Å². The van der Waals surface area contributed by atoms with Crippen LogP contribution in [0.1, 0.15) is 38.3 Å².